The van der Waals surface area contributed by atoms with Gasteiger partial charge in [0.1, 0.15) is 5.69 Å². The molecule has 1 aromatic heterocycles. The van der Waals surface area contributed by atoms with Gasteiger partial charge in [0.05, 0.1) is 0 Å². The molecule has 1 amide bonds. The van der Waals surface area contributed by atoms with Crippen LogP contribution in [0.5, 0.6) is 5.88 Å². The Labute approximate surface area is 67.9 Å². The lowest BCUT2D eigenvalue weighted by molar-refractivity contribution is 0.209. The second-order valence-electron chi connectivity index (χ2n) is 1.90. The molecule has 0 saturated heterocycles. The van der Waals surface area contributed by atoms with Crippen LogP contribution in [0.3, 0.4) is 0 Å². The Morgan fingerprint density at radius 1 is 1.75 bits per heavy atom. The van der Waals surface area contributed by atoms with Crippen LogP contribution in [0.25, 0.3) is 0 Å². The Balaban J connectivity index is 2.89. The lowest BCUT2D eigenvalue weighted by atomic mass is 10.4. The van der Waals surface area contributed by atoms with Crippen LogP contribution in [0.2, 0.25) is 0 Å². The molecule has 0 aliphatic carbocycles. The molecule has 0 unspecified atom stereocenters. The average Bonchev–Trinajstić information content (AvgIpc) is 2.04. The first-order valence-electron chi connectivity index (χ1n) is 3.05. The molecule has 1 heterocycles. The lowest BCUT2D eigenvalue weighted by Gasteiger charge is -2.03. The summed E-state index contributed by atoms with van der Waals surface area (Å²) in [7, 11) is 0. The van der Waals surface area contributed by atoms with E-state index < -0.39 is 6.09 Å². The SMILES string of the molecule is NOc1ncccc1NC(=O)O. The minimum Gasteiger partial charge on any atom is -0.465 e. The van der Waals surface area contributed by atoms with Crippen molar-refractivity contribution in [3.63, 3.8) is 0 Å². The first-order chi connectivity index (χ1) is 5.74. The zero-order valence-corrected chi connectivity index (χ0v) is 6.02. The van der Waals surface area contributed by atoms with Crippen molar-refractivity contribution in [3.8, 4) is 5.88 Å². The normalized spacial score (nSPS) is 9.08. The molecule has 0 aromatic carbocycles. The van der Waals surface area contributed by atoms with Crippen molar-refractivity contribution in [2.24, 2.45) is 5.90 Å². The van der Waals surface area contributed by atoms with Gasteiger partial charge in [0, 0.05) is 6.20 Å². The number of hydrogen-bond acceptors (Lipinski definition) is 4. The predicted octanol–water partition coefficient (Wildman–Crippen LogP) is 0.424. The number of carbonyl (C=O) groups is 1. The van der Waals surface area contributed by atoms with Crippen molar-refractivity contribution in [1.29, 1.82) is 0 Å². The average molecular weight is 169 g/mol. The quantitative estimate of drug-likeness (QED) is 0.557. The molecule has 0 spiro atoms. The van der Waals surface area contributed by atoms with E-state index in [2.05, 4.69) is 15.1 Å². The summed E-state index contributed by atoms with van der Waals surface area (Å²) in [6, 6.07) is 3.05. The molecular weight excluding hydrogens is 162 g/mol. The summed E-state index contributed by atoms with van der Waals surface area (Å²) in [4.78, 5) is 18.2. The molecule has 0 radical (unpaired) electrons. The molecule has 1 rings (SSSR count). The third kappa shape index (κ3) is 1.83. The first kappa shape index (κ1) is 8.28. The summed E-state index contributed by atoms with van der Waals surface area (Å²) in [5.74, 6) is 4.87. The number of carboxylic acid groups (broad SMARTS) is 1. The maximum Gasteiger partial charge on any atom is 0.409 e. The van der Waals surface area contributed by atoms with Crippen molar-refractivity contribution in [2.75, 3.05) is 5.32 Å². The van der Waals surface area contributed by atoms with Gasteiger partial charge in [-0.3, -0.25) is 5.32 Å². The van der Waals surface area contributed by atoms with Gasteiger partial charge in [0.15, 0.2) is 0 Å². The molecular formula is C6H7N3O3. The van der Waals surface area contributed by atoms with E-state index >= 15 is 0 Å². The highest BCUT2D eigenvalue weighted by Gasteiger charge is 2.05. The number of nitrogens with one attached hydrogen (secondary N) is 1. The molecule has 0 bridgehead atoms. The fourth-order valence-electron chi connectivity index (χ4n) is 0.695. The number of amides is 1. The Morgan fingerprint density at radius 3 is 3.08 bits per heavy atom. The molecule has 6 nitrogen and oxygen atoms in total. The van der Waals surface area contributed by atoms with Crippen molar-refractivity contribution in [2.45, 2.75) is 0 Å². The van der Waals surface area contributed by atoms with Crippen molar-refractivity contribution in [3.05, 3.63) is 18.3 Å². The van der Waals surface area contributed by atoms with E-state index in [1.165, 1.54) is 12.3 Å². The molecule has 0 saturated carbocycles. The third-order valence-electron chi connectivity index (χ3n) is 1.12. The first-order valence-corrected chi connectivity index (χ1v) is 3.05. The minimum absolute atomic E-state index is 0.0416. The Bertz CT molecular complexity index is 289. The van der Waals surface area contributed by atoms with Gasteiger partial charge < -0.3 is 9.94 Å². The number of pyridine rings is 1. The van der Waals surface area contributed by atoms with Crippen LogP contribution in [0.15, 0.2) is 18.3 Å². The molecule has 0 fully saturated rings. The van der Waals surface area contributed by atoms with Crippen LogP contribution in [-0.4, -0.2) is 16.2 Å². The van der Waals surface area contributed by atoms with E-state index in [1.54, 1.807) is 6.07 Å². The van der Waals surface area contributed by atoms with E-state index in [0.717, 1.165) is 0 Å². The number of aromatic nitrogens is 1. The minimum atomic E-state index is -1.19. The highest BCUT2D eigenvalue weighted by molar-refractivity contribution is 5.84. The molecule has 0 atom stereocenters. The highest BCUT2D eigenvalue weighted by Crippen LogP contribution is 2.18. The zero-order valence-electron chi connectivity index (χ0n) is 6.02. The lowest BCUT2D eigenvalue weighted by Crippen LogP contribution is -2.11. The van der Waals surface area contributed by atoms with Crippen LogP contribution >= 0.6 is 0 Å². The number of anilines is 1. The van der Waals surface area contributed by atoms with Gasteiger partial charge in [-0.25, -0.2) is 9.78 Å². The molecule has 4 N–H and O–H groups in total. The number of rotatable bonds is 2. The predicted molar refractivity (Wildman–Crippen MR) is 40.7 cm³/mol. The fraction of sp³-hybridized carbons (Fsp3) is 0. The molecule has 0 aliphatic rings. The Morgan fingerprint density at radius 2 is 2.50 bits per heavy atom. The van der Waals surface area contributed by atoms with Crippen molar-refractivity contribution < 1.29 is 14.7 Å². The molecule has 64 valence electrons. The van der Waals surface area contributed by atoms with Crippen LogP contribution in [0, 0.1) is 0 Å². The van der Waals surface area contributed by atoms with Gasteiger partial charge in [0.25, 0.3) is 5.88 Å². The van der Waals surface area contributed by atoms with Gasteiger partial charge in [-0.1, -0.05) is 0 Å². The van der Waals surface area contributed by atoms with Gasteiger partial charge in [-0.05, 0) is 12.1 Å². The Hall–Kier alpha value is -1.82. The highest BCUT2D eigenvalue weighted by atomic mass is 16.6. The van der Waals surface area contributed by atoms with Gasteiger partial charge in [-0.2, -0.15) is 5.90 Å². The molecule has 12 heavy (non-hydrogen) atoms. The van der Waals surface area contributed by atoms with Gasteiger partial charge in [-0.15, -0.1) is 0 Å². The fourth-order valence-corrected chi connectivity index (χ4v) is 0.695. The smallest absolute Gasteiger partial charge is 0.409 e. The van der Waals surface area contributed by atoms with E-state index in [9.17, 15) is 4.79 Å². The summed E-state index contributed by atoms with van der Waals surface area (Å²) in [6.45, 7) is 0. The van der Waals surface area contributed by atoms with Crippen molar-refractivity contribution in [1.82, 2.24) is 4.98 Å². The zero-order chi connectivity index (χ0) is 8.97. The van der Waals surface area contributed by atoms with Gasteiger partial charge in [0.2, 0.25) is 0 Å². The third-order valence-corrected chi connectivity index (χ3v) is 1.12. The van der Waals surface area contributed by atoms with E-state index in [0.29, 0.717) is 0 Å². The van der Waals surface area contributed by atoms with E-state index in [1.807, 2.05) is 0 Å². The summed E-state index contributed by atoms with van der Waals surface area (Å²) >= 11 is 0. The number of nitrogens with two attached hydrogens (primary N) is 1. The second kappa shape index (κ2) is 3.54. The molecule has 1 aromatic rings. The monoisotopic (exact) mass is 169 g/mol. The van der Waals surface area contributed by atoms with Crippen LogP contribution in [-0.2, 0) is 0 Å². The summed E-state index contributed by atoms with van der Waals surface area (Å²) in [5, 5.41) is 10.4. The van der Waals surface area contributed by atoms with Crippen LogP contribution < -0.4 is 16.1 Å². The largest absolute Gasteiger partial charge is 0.465 e. The maximum atomic E-state index is 10.2. The van der Waals surface area contributed by atoms with Crippen LogP contribution in [0.1, 0.15) is 0 Å². The van der Waals surface area contributed by atoms with E-state index in [4.69, 9.17) is 11.0 Å². The maximum absolute atomic E-state index is 10.2. The standard InChI is InChI=1S/C6H7N3O3/c7-12-5-4(9-6(10)11)2-1-3-8-5/h1-3,9H,7H2,(H,10,11). The summed E-state index contributed by atoms with van der Waals surface area (Å²) < 4.78 is 0. The molecule has 6 heteroatoms. The number of nitrogens with zero attached hydrogens (tertiary/aromatic N) is 1. The van der Waals surface area contributed by atoms with Crippen molar-refractivity contribution >= 4 is 11.8 Å². The van der Waals surface area contributed by atoms with E-state index in [-0.39, 0.29) is 11.6 Å². The topological polar surface area (TPSA) is 97.5 Å². The summed E-state index contributed by atoms with van der Waals surface area (Å²) in [6.07, 6.45) is 0.246. The second-order valence-corrected chi connectivity index (χ2v) is 1.90. The summed E-state index contributed by atoms with van der Waals surface area (Å²) in [5.41, 5.74) is 0.215. The van der Waals surface area contributed by atoms with Gasteiger partial charge >= 0.3 is 6.09 Å². The number of hydrogen-bond donors (Lipinski definition) is 3. The van der Waals surface area contributed by atoms with Crippen LogP contribution in [0.4, 0.5) is 10.5 Å². The molecule has 0 aliphatic heterocycles. The Kier molecular flexibility index (Phi) is 2.44.